The molecule has 0 fully saturated rings. The highest BCUT2D eigenvalue weighted by molar-refractivity contribution is 6.35. The molecule has 2 heterocycles. The molecule has 0 aliphatic heterocycles. The highest BCUT2D eigenvalue weighted by Gasteiger charge is 2.05. The Hall–Kier alpha value is -0.800. The quantitative estimate of drug-likeness (QED) is 0.597. The molecule has 0 aromatic carbocycles. The van der Waals surface area contributed by atoms with Gasteiger partial charge in [0, 0.05) is 6.07 Å². The molecule has 11 heavy (non-hydrogen) atoms. The van der Waals surface area contributed by atoms with E-state index >= 15 is 0 Å². The smallest absolute Gasteiger partial charge is 0.232 e. The minimum Gasteiger partial charge on any atom is -0.426 e. The highest BCUT2D eigenvalue weighted by atomic mass is 35.5. The molecule has 0 aliphatic carbocycles. The molecule has 0 atom stereocenters. The Labute approximate surface area is 72.0 Å². The molecule has 5 heteroatoms. The summed E-state index contributed by atoms with van der Waals surface area (Å²) < 4.78 is 4.98. The van der Waals surface area contributed by atoms with E-state index in [1.54, 1.807) is 6.07 Å². The van der Waals surface area contributed by atoms with E-state index in [-0.39, 0.29) is 5.22 Å². The molecule has 0 N–H and O–H groups in total. The molecule has 0 saturated heterocycles. The van der Waals surface area contributed by atoms with Crippen LogP contribution in [0.25, 0.3) is 11.1 Å². The van der Waals surface area contributed by atoms with Crippen LogP contribution in [-0.4, -0.2) is 9.97 Å². The predicted octanol–water partition coefficient (Wildman–Crippen LogP) is 2.53. The summed E-state index contributed by atoms with van der Waals surface area (Å²) in [4.78, 5) is 7.57. The summed E-state index contributed by atoms with van der Waals surface area (Å²) in [7, 11) is 0. The van der Waals surface area contributed by atoms with Gasteiger partial charge in [0.2, 0.25) is 5.71 Å². The lowest BCUT2D eigenvalue weighted by Crippen LogP contribution is -1.77. The largest absolute Gasteiger partial charge is 0.426 e. The van der Waals surface area contributed by atoms with Crippen LogP contribution in [0.2, 0.25) is 10.4 Å². The van der Waals surface area contributed by atoms with Gasteiger partial charge in [-0.15, -0.1) is 0 Å². The second kappa shape index (κ2) is 2.36. The number of nitrogens with zero attached hydrogens (tertiary/aromatic N) is 2. The highest BCUT2D eigenvalue weighted by Crippen LogP contribution is 2.25. The Morgan fingerprint density at radius 1 is 1.27 bits per heavy atom. The van der Waals surface area contributed by atoms with Crippen molar-refractivity contribution < 1.29 is 4.42 Å². The maximum Gasteiger partial charge on any atom is 0.232 e. The average molecular weight is 189 g/mol. The number of fused-ring (bicyclic) bond motifs is 1. The molecule has 2 aromatic heterocycles. The number of hydrogen-bond acceptors (Lipinski definition) is 3. The maximum atomic E-state index is 5.70. The Bertz CT molecular complexity index is 398. The van der Waals surface area contributed by atoms with Crippen LogP contribution in [-0.2, 0) is 0 Å². The third-order valence-corrected chi connectivity index (χ3v) is 1.74. The summed E-state index contributed by atoms with van der Waals surface area (Å²) in [5.74, 6) is 0. The van der Waals surface area contributed by atoms with Crippen molar-refractivity contribution in [3.8, 4) is 0 Å². The van der Waals surface area contributed by atoms with Crippen LogP contribution < -0.4 is 0 Å². The van der Waals surface area contributed by atoms with Crippen molar-refractivity contribution in [3.05, 3.63) is 22.8 Å². The number of furan rings is 1. The molecule has 0 aliphatic rings. The fourth-order valence-corrected chi connectivity index (χ4v) is 1.16. The zero-order valence-corrected chi connectivity index (χ0v) is 6.73. The van der Waals surface area contributed by atoms with E-state index in [0.717, 1.165) is 0 Å². The Morgan fingerprint density at radius 3 is 2.82 bits per heavy atom. The predicted molar refractivity (Wildman–Crippen MR) is 41.8 cm³/mol. The minimum atomic E-state index is 0.266. The van der Waals surface area contributed by atoms with Crippen molar-refractivity contribution in [2.24, 2.45) is 0 Å². The minimum absolute atomic E-state index is 0.266. The van der Waals surface area contributed by atoms with E-state index in [1.165, 1.54) is 6.33 Å². The van der Waals surface area contributed by atoms with E-state index in [0.29, 0.717) is 16.3 Å². The van der Waals surface area contributed by atoms with E-state index in [2.05, 4.69) is 9.97 Å². The topological polar surface area (TPSA) is 38.9 Å². The third-order valence-electron chi connectivity index (χ3n) is 1.25. The zero-order valence-electron chi connectivity index (χ0n) is 5.21. The standard InChI is InChI=1S/C6H2Cl2N2O/c7-4-1-3-5(8)9-2-10-6(3)11-4/h1-2H. The molecule has 0 bridgehead atoms. The van der Waals surface area contributed by atoms with Gasteiger partial charge in [0.25, 0.3) is 0 Å². The molecule has 0 radical (unpaired) electrons. The van der Waals surface area contributed by atoms with Crippen molar-refractivity contribution >= 4 is 34.3 Å². The van der Waals surface area contributed by atoms with Crippen molar-refractivity contribution in [1.82, 2.24) is 9.97 Å². The monoisotopic (exact) mass is 188 g/mol. The van der Waals surface area contributed by atoms with Gasteiger partial charge in [-0.25, -0.2) is 9.97 Å². The van der Waals surface area contributed by atoms with E-state index in [9.17, 15) is 0 Å². The number of rotatable bonds is 0. The molecule has 0 spiro atoms. The van der Waals surface area contributed by atoms with Crippen molar-refractivity contribution in [2.75, 3.05) is 0 Å². The van der Waals surface area contributed by atoms with Crippen LogP contribution in [0.15, 0.2) is 16.8 Å². The van der Waals surface area contributed by atoms with Crippen LogP contribution in [0.3, 0.4) is 0 Å². The van der Waals surface area contributed by atoms with Crippen LogP contribution in [0.1, 0.15) is 0 Å². The van der Waals surface area contributed by atoms with Gasteiger partial charge in [-0.2, -0.15) is 0 Å². The number of halogens is 2. The fraction of sp³-hybridized carbons (Fsp3) is 0. The Balaban J connectivity index is 2.90. The summed E-state index contributed by atoms with van der Waals surface area (Å²) in [6.07, 6.45) is 1.32. The van der Waals surface area contributed by atoms with E-state index < -0.39 is 0 Å². The molecule has 0 saturated carbocycles. The first-order chi connectivity index (χ1) is 5.27. The van der Waals surface area contributed by atoms with Crippen molar-refractivity contribution in [3.63, 3.8) is 0 Å². The third kappa shape index (κ3) is 1.06. The Morgan fingerprint density at radius 2 is 2.09 bits per heavy atom. The zero-order chi connectivity index (χ0) is 7.84. The first kappa shape index (κ1) is 6.88. The van der Waals surface area contributed by atoms with Gasteiger partial charge < -0.3 is 4.42 Å². The van der Waals surface area contributed by atoms with Gasteiger partial charge in [0.05, 0.1) is 5.39 Å². The molecule has 56 valence electrons. The van der Waals surface area contributed by atoms with Crippen molar-refractivity contribution in [1.29, 1.82) is 0 Å². The van der Waals surface area contributed by atoms with Gasteiger partial charge in [0.1, 0.15) is 11.5 Å². The molecular weight excluding hydrogens is 187 g/mol. The SMILES string of the molecule is Clc1cc2c(Cl)ncnc2o1. The van der Waals surface area contributed by atoms with Crippen molar-refractivity contribution in [2.45, 2.75) is 0 Å². The summed E-state index contributed by atoms with van der Waals surface area (Å²) in [5, 5.41) is 1.26. The number of aromatic nitrogens is 2. The van der Waals surface area contributed by atoms with Crippen LogP contribution in [0, 0.1) is 0 Å². The number of hydrogen-bond donors (Lipinski definition) is 0. The van der Waals surface area contributed by atoms with Crippen LogP contribution >= 0.6 is 23.2 Å². The normalized spacial score (nSPS) is 10.7. The molecule has 3 nitrogen and oxygen atoms in total. The van der Waals surface area contributed by atoms with Gasteiger partial charge in [0.15, 0.2) is 5.22 Å². The lowest BCUT2D eigenvalue weighted by Gasteiger charge is -1.86. The second-order valence-corrected chi connectivity index (χ2v) is 2.66. The summed E-state index contributed by atoms with van der Waals surface area (Å²) in [5.41, 5.74) is 0.412. The van der Waals surface area contributed by atoms with E-state index in [4.69, 9.17) is 27.6 Å². The molecule has 2 aromatic rings. The summed E-state index contributed by atoms with van der Waals surface area (Å²) in [6, 6.07) is 1.58. The van der Waals surface area contributed by atoms with Gasteiger partial charge in [-0.1, -0.05) is 11.6 Å². The molecule has 0 amide bonds. The van der Waals surface area contributed by atoms with Gasteiger partial charge >= 0.3 is 0 Å². The Kier molecular flexibility index (Phi) is 1.47. The lowest BCUT2D eigenvalue weighted by molar-refractivity contribution is 0.604. The van der Waals surface area contributed by atoms with Gasteiger partial charge in [-0.05, 0) is 11.6 Å². The maximum absolute atomic E-state index is 5.70. The van der Waals surface area contributed by atoms with Gasteiger partial charge in [-0.3, -0.25) is 0 Å². The van der Waals surface area contributed by atoms with Crippen LogP contribution in [0.4, 0.5) is 0 Å². The molecule has 0 unspecified atom stereocenters. The summed E-state index contributed by atoms with van der Waals surface area (Å²) >= 11 is 11.3. The van der Waals surface area contributed by atoms with Crippen LogP contribution in [0.5, 0.6) is 0 Å². The average Bonchev–Trinajstić information content (AvgIpc) is 2.31. The molecular formula is C6H2Cl2N2O. The second-order valence-electron chi connectivity index (χ2n) is 1.93. The fourth-order valence-electron chi connectivity index (χ4n) is 0.797. The van der Waals surface area contributed by atoms with E-state index in [1.807, 2.05) is 0 Å². The first-order valence-corrected chi connectivity index (χ1v) is 3.58. The summed E-state index contributed by atoms with van der Waals surface area (Å²) in [6.45, 7) is 0. The first-order valence-electron chi connectivity index (χ1n) is 2.83. The molecule has 2 rings (SSSR count). The lowest BCUT2D eigenvalue weighted by atomic mass is 10.4.